The summed E-state index contributed by atoms with van der Waals surface area (Å²) in [6.45, 7) is 6.00. The van der Waals surface area contributed by atoms with Gasteiger partial charge in [0.15, 0.2) is 12.4 Å². The lowest BCUT2D eigenvalue weighted by molar-refractivity contribution is -0.671. The van der Waals surface area contributed by atoms with Crippen molar-refractivity contribution in [3.63, 3.8) is 0 Å². The number of aryl methyl sites for hydroxylation is 1. The standard InChI is InChI=1S/C7H6ClN2.C2H4/c1-10-3-2-6(4-9)7(8)5-10;1-2/h2-3,5H,1H3;1-2H2/q+1;. The lowest BCUT2D eigenvalue weighted by atomic mass is 10.3. The summed E-state index contributed by atoms with van der Waals surface area (Å²) in [5.74, 6) is 0. The Morgan fingerprint density at radius 3 is 2.58 bits per heavy atom. The van der Waals surface area contributed by atoms with Gasteiger partial charge in [0, 0.05) is 6.07 Å². The second kappa shape index (κ2) is 5.34. The van der Waals surface area contributed by atoms with E-state index in [0.717, 1.165) is 0 Å². The topological polar surface area (TPSA) is 27.7 Å². The van der Waals surface area contributed by atoms with Crippen LogP contribution in [0.25, 0.3) is 0 Å². The molecule has 12 heavy (non-hydrogen) atoms. The number of pyridine rings is 1. The molecular formula is C9H10ClN2+. The molecule has 0 aromatic carbocycles. The van der Waals surface area contributed by atoms with Gasteiger partial charge in [0.1, 0.15) is 18.1 Å². The minimum atomic E-state index is 0.493. The Labute approximate surface area is 77.3 Å². The van der Waals surface area contributed by atoms with Gasteiger partial charge in [-0.25, -0.2) is 4.57 Å². The molecule has 0 amide bonds. The quantitative estimate of drug-likeness (QED) is 0.443. The number of aromatic nitrogens is 1. The van der Waals surface area contributed by atoms with E-state index < -0.39 is 0 Å². The van der Waals surface area contributed by atoms with Crippen LogP contribution in [0, 0.1) is 11.3 Å². The molecule has 0 N–H and O–H groups in total. The Kier molecular flexibility index (Phi) is 4.75. The van der Waals surface area contributed by atoms with E-state index in [-0.39, 0.29) is 0 Å². The highest BCUT2D eigenvalue weighted by Gasteiger charge is 2.01. The van der Waals surface area contributed by atoms with Crippen molar-refractivity contribution in [2.45, 2.75) is 0 Å². The Morgan fingerprint density at radius 2 is 2.17 bits per heavy atom. The molecule has 0 fully saturated rings. The Morgan fingerprint density at radius 1 is 1.58 bits per heavy atom. The first-order valence-electron chi connectivity index (χ1n) is 3.29. The summed E-state index contributed by atoms with van der Waals surface area (Å²) < 4.78 is 1.79. The minimum Gasteiger partial charge on any atom is -0.206 e. The molecule has 0 atom stereocenters. The highest BCUT2D eigenvalue weighted by Crippen LogP contribution is 2.09. The molecule has 0 aliphatic heterocycles. The maximum Gasteiger partial charge on any atom is 0.188 e. The molecule has 0 saturated carbocycles. The van der Waals surface area contributed by atoms with Gasteiger partial charge in [-0.3, -0.25) is 0 Å². The smallest absolute Gasteiger partial charge is 0.188 e. The van der Waals surface area contributed by atoms with Crippen molar-refractivity contribution in [2.24, 2.45) is 7.05 Å². The molecule has 1 rings (SSSR count). The minimum absolute atomic E-state index is 0.493. The second-order valence-corrected chi connectivity index (χ2v) is 2.39. The molecule has 3 heteroatoms. The van der Waals surface area contributed by atoms with Gasteiger partial charge in [-0.05, 0) is 0 Å². The fourth-order valence-corrected chi connectivity index (χ4v) is 0.913. The van der Waals surface area contributed by atoms with Gasteiger partial charge in [-0.1, -0.05) is 11.6 Å². The molecule has 62 valence electrons. The zero-order valence-electron chi connectivity index (χ0n) is 6.92. The molecule has 0 spiro atoms. The van der Waals surface area contributed by atoms with Gasteiger partial charge in [0.25, 0.3) is 0 Å². The molecule has 0 aliphatic rings. The summed E-state index contributed by atoms with van der Waals surface area (Å²) in [4.78, 5) is 0. The van der Waals surface area contributed by atoms with Crippen LogP contribution in [0.1, 0.15) is 5.56 Å². The van der Waals surface area contributed by atoms with Gasteiger partial charge < -0.3 is 0 Å². The van der Waals surface area contributed by atoms with E-state index in [2.05, 4.69) is 13.2 Å². The number of hydrogen-bond acceptors (Lipinski definition) is 1. The van der Waals surface area contributed by atoms with Crippen molar-refractivity contribution in [1.82, 2.24) is 0 Å². The molecule has 0 saturated heterocycles. The van der Waals surface area contributed by atoms with Crippen LogP contribution in [0.5, 0.6) is 0 Å². The summed E-state index contributed by atoms with van der Waals surface area (Å²) in [7, 11) is 1.85. The summed E-state index contributed by atoms with van der Waals surface area (Å²) >= 11 is 5.69. The van der Waals surface area contributed by atoms with Gasteiger partial charge in [-0.15, -0.1) is 13.2 Å². The van der Waals surface area contributed by atoms with Crippen molar-refractivity contribution < 1.29 is 4.57 Å². The normalized spacial score (nSPS) is 7.75. The maximum absolute atomic E-state index is 8.47. The third-order valence-electron chi connectivity index (χ3n) is 1.17. The third-order valence-corrected chi connectivity index (χ3v) is 1.47. The highest BCUT2D eigenvalue weighted by molar-refractivity contribution is 6.31. The summed E-state index contributed by atoms with van der Waals surface area (Å²) in [6.07, 6.45) is 3.48. The lowest BCUT2D eigenvalue weighted by Gasteiger charge is -1.89. The van der Waals surface area contributed by atoms with Crippen LogP contribution in [0.2, 0.25) is 5.02 Å². The summed E-state index contributed by atoms with van der Waals surface area (Å²) in [5.41, 5.74) is 0.514. The first-order chi connectivity index (χ1) is 5.74. The fraction of sp³-hybridized carbons (Fsp3) is 0.111. The number of halogens is 1. The van der Waals surface area contributed by atoms with E-state index in [9.17, 15) is 0 Å². The average molecular weight is 182 g/mol. The van der Waals surface area contributed by atoms with Crippen LogP contribution in [0.3, 0.4) is 0 Å². The van der Waals surface area contributed by atoms with Crippen molar-refractivity contribution >= 4 is 11.6 Å². The Hall–Kier alpha value is -1.33. The number of nitriles is 1. The Balaban J connectivity index is 0.000000561. The van der Waals surface area contributed by atoms with E-state index in [1.807, 2.05) is 13.1 Å². The lowest BCUT2D eigenvalue weighted by Crippen LogP contribution is -2.26. The first-order valence-corrected chi connectivity index (χ1v) is 3.66. The van der Waals surface area contributed by atoms with Crippen LogP contribution < -0.4 is 4.57 Å². The molecule has 1 aromatic heterocycles. The molecule has 0 radical (unpaired) electrons. The van der Waals surface area contributed by atoms with Crippen molar-refractivity contribution in [3.8, 4) is 6.07 Å². The van der Waals surface area contributed by atoms with Crippen molar-refractivity contribution in [2.75, 3.05) is 0 Å². The van der Waals surface area contributed by atoms with Gasteiger partial charge in [0.2, 0.25) is 0 Å². The van der Waals surface area contributed by atoms with E-state index >= 15 is 0 Å². The van der Waals surface area contributed by atoms with Crippen LogP contribution in [-0.4, -0.2) is 0 Å². The largest absolute Gasteiger partial charge is 0.206 e. The van der Waals surface area contributed by atoms with E-state index in [1.165, 1.54) is 0 Å². The van der Waals surface area contributed by atoms with Crippen LogP contribution in [0.4, 0.5) is 0 Å². The number of rotatable bonds is 0. The molecule has 0 aliphatic carbocycles. The molecule has 0 bridgehead atoms. The summed E-state index contributed by atoms with van der Waals surface area (Å²) in [6, 6.07) is 3.66. The fourth-order valence-electron chi connectivity index (χ4n) is 0.654. The predicted octanol–water partition coefficient (Wildman–Crippen LogP) is 1.84. The predicted molar refractivity (Wildman–Crippen MR) is 48.6 cm³/mol. The third kappa shape index (κ3) is 2.73. The van der Waals surface area contributed by atoms with Gasteiger partial charge in [0.05, 0.1) is 5.56 Å². The number of hydrogen-bond donors (Lipinski definition) is 0. The van der Waals surface area contributed by atoms with Crippen molar-refractivity contribution in [3.05, 3.63) is 42.2 Å². The van der Waals surface area contributed by atoms with Crippen molar-refractivity contribution in [1.29, 1.82) is 5.26 Å². The zero-order valence-corrected chi connectivity index (χ0v) is 7.67. The second-order valence-electron chi connectivity index (χ2n) is 1.98. The van der Waals surface area contributed by atoms with E-state index in [4.69, 9.17) is 16.9 Å². The molecule has 1 aromatic rings. The average Bonchev–Trinajstić information content (AvgIpc) is 2.08. The number of nitrogens with zero attached hydrogens (tertiary/aromatic N) is 2. The molecule has 2 nitrogen and oxygen atoms in total. The SMILES string of the molecule is C=C.C[n+]1ccc(C#N)c(Cl)c1. The van der Waals surface area contributed by atoms with Gasteiger partial charge in [-0.2, -0.15) is 5.26 Å². The van der Waals surface area contributed by atoms with Crippen LogP contribution >= 0.6 is 11.6 Å². The van der Waals surface area contributed by atoms with Crippen LogP contribution in [-0.2, 0) is 7.05 Å². The first kappa shape index (κ1) is 10.7. The monoisotopic (exact) mass is 181 g/mol. The molecular weight excluding hydrogens is 172 g/mol. The maximum atomic E-state index is 8.47. The Bertz CT molecular complexity index is 302. The van der Waals surface area contributed by atoms with E-state index in [1.54, 1.807) is 23.0 Å². The molecule has 1 heterocycles. The molecule has 0 unspecified atom stereocenters. The van der Waals surface area contributed by atoms with Crippen LogP contribution in [0.15, 0.2) is 31.6 Å². The zero-order chi connectivity index (χ0) is 9.56. The summed E-state index contributed by atoms with van der Waals surface area (Å²) in [5, 5.41) is 8.96. The van der Waals surface area contributed by atoms with E-state index in [0.29, 0.717) is 10.6 Å². The highest BCUT2D eigenvalue weighted by atomic mass is 35.5. The van der Waals surface area contributed by atoms with Gasteiger partial charge >= 0.3 is 0 Å².